The topological polar surface area (TPSA) is 54.3 Å². The smallest absolute Gasteiger partial charge is 0.255 e. The third kappa shape index (κ3) is 4.19. The van der Waals surface area contributed by atoms with Crippen LogP contribution in [0.1, 0.15) is 26.6 Å². The second-order valence-electron chi connectivity index (χ2n) is 7.02. The average molecular weight is 460 g/mol. The lowest BCUT2D eigenvalue weighted by Gasteiger charge is -2.34. The summed E-state index contributed by atoms with van der Waals surface area (Å²) < 4.78 is 2.96. The number of halogens is 1. The predicted molar refractivity (Wildman–Crippen MR) is 114 cm³/mol. The molecule has 1 aliphatic heterocycles. The quantitative estimate of drug-likeness (QED) is 0.597. The summed E-state index contributed by atoms with van der Waals surface area (Å²) in [5, 5.41) is 4.44. The molecule has 0 saturated carbocycles. The third-order valence-corrected chi connectivity index (χ3v) is 6.50. The minimum Gasteiger partial charge on any atom is -0.336 e. The number of aromatic nitrogens is 3. The van der Waals surface area contributed by atoms with Gasteiger partial charge in [-0.15, -0.1) is 11.3 Å². The normalized spacial score (nSPS) is 15.2. The summed E-state index contributed by atoms with van der Waals surface area (Å²) in [6, 6.07) is 9.95. The monoisotopic (exact) mass is 459 g/mol. The molecule has 8 heteroatoms. The Labute approximate surface area is 176 Å². The number of rotatable bonds is 4. The van der Waals surface area contributed by atoms with Gasteiger partial charge in [-0.05, 0) is 60.1 Å². The third-order valence-electron chi connectivity index (χ3n) is 4.89. The van der Waals surface area contributed by atoms with Crippen molar-refractivity contribution in [2.75, 3.05) is 26.2 Å². The van der Waals surface area contributed by atoms with Gasteiger partial charge in [0.1, 0.15) is 0 Å². The Bertz CT molecular complexity index is 973. The van der Waals surface area contributed by atoms with E-state index in [9.17, 15) is 4.79 Å². The predicted octanol–water partition coefficient (Wildman–Crippen LogP) is 3.67. The molecule has 3 aromatic rings. The maximum atomic E-state index is 12.8. The van der Waals surface area contributed by atoms with E-state index in [0.29, 0.717) is 5.56 Å². The highest BCUT2D eigenvalue weighted by molar-refractivity contribution is 9.11. The van der Waals surface area contributed by atoms with Crippen LogP contribution in [0.3, 0.4) is 0 Å². The highest BCUT2D eigenvalue weighted by Gasteiger charge is 2.22. The molecule has 0 N–H and O–H groups in total. The minimum absolute atomic E-state index is 0.0472. The molecule has 146 valence electrons. The first-order chi connectivity index (χ1) is 13.5. The van der Waals surface area contributed by atoms with E-state index in [4.69, 9.17) is 0 Å². The number of aryl methyl sites for hydroxylation is 2. The van der Waals surface area contributed by atoms with Gasteiger partial charge in [0.2, 0.25) is 0 Å². The van der Waals surface area contributed by atoms with Crippen LogP contribution >= 0.6 is 27.3 Å². The van der Waals surface area contributed by atoms with E-state index in [1.54, 1.807) is 22.2 Å². The van der Waals surface area contributed by atoms with Crippen molar-refractivity contribution in [2.45, 2.75) is 20.4 Å². The highest BCUT2D eigenvalue weighted by atomic mass is 79.9. The van der Waals surface area contributed by atoms with Crippen LogP contribution in [0.2, 0.25) is 0 Å². The van der Waals surface area contributed by atoms with Crippen LogP contribution in [0.5, 0.6) is 0 Å². The molecule has 0 aromatic carbocycles. The molecule has 1 fully saturated rings. The van der Waals surface area contributed by atoms with Crippen LogP contribution in [0, 0.1) is 13.8 Å². The van der Waals surface area contributed by atoms with Crippen LogP contribution in [-0.2, 0) is 6.54 Å². The van der Waals surface area contributed by atoms with Crippen molar-refractivity contribution in [1.29, 1.82) is 0 Å². The maximum absolute atomic E-state index is 12.8. The molecular formula is C20H22BrN5OS. The van der Waals surface area contributed by atoms with Gasteiger partial charge in [0.05, 0.1) is 15.0 Å². The highest BCUT2D eigenvalue weighted by Crippen LogP contribution is 2.23. The minimum atomic E-state index is 0.0472. The fourth-order valence-electron chi connectivity index (χ4n) is 3.45. The van der Waals surface area contributed by atoms with E-state index < -0.39 is 0 Å². The molecule has 0 atom stereocenters. The van der Waals surface area contributed by atoms with Crippen LogP contribution in [0.15, 0.2) is 40.3 Å². The number of hydrogen-bond donors (Lipinski definition) is 0. The van der Waals surface area contributed by atoms with Gasteiger partial charge < -0.3 is 4.90 Å². The van der Waals surface area contributed by atoms with Crippen LogP contribution in [0.25, 0.3) is 5.82 Å². The summed E-state index contributed by atoms with van der Waals surface area (Å²) in [7, 11) is 0. The summed E-state index contributed by atoms with van der Waals surface area (Å²) in [4.78, 5) is 22.9. The van der Waals surface area contributed by atoms with Crippen molar-refractivity contribution in [3.63, 3.8) is 0 Å². The largest absolute Gasteiger partial charge is 0.336 e. The molecule has 1 amide bonds. The number of carbonyl (C=O) groups excluding carboxylic acids is 1. The van der Waals surface area contributed by atoms with Crippen LogP contribution in [0.4, 0.5) is 0 Å². The molecule has 0 unspecified atom stereocenters. The maximum Gasteiger partial charge on any atom is 0.255 e. The van der Waals surface area contributed by atoms with E-state index in [-0.39, 0.29) is 5.91 Å². The number of hydrogen-bond acceptors (Lipinski definition) is 5. The number of carbonyl (C=O) groups is 1. The molecule has 0 radical (unpaired) electrons. The summed E-state index contributed by atoms with van der Waals surface area (Å²) >= 11 is 5.28. The number of amides is 1. The Balaban J connectivity index is 1.36. The summed E-state index contributed by atoms with van der Waals surface area (Å²) in [5.41, 5.74) is 2.60. The fourth-order valence-corrected chi connectivity index (χ4v) is 4.97. The number of piperazine rings is 1. The van der Waals surface area contributed by atoms with E-state index >= 15 is 0 Å². The molecule has 0 bridgehead atoms. The van der Waals surface area contributed by atoms with Crippen molar-refractivity contribution < 1.29 is 4.79 Å². The summed E-state index contributed by atoms with van der Waals surface area (Å²) in [6.45, 7) is 8.15. The lowest BCUT2D eigenvalue weighted by Crippen LogP contribution is -2.48. The second kappa shape index (κ2) is 8.14. The van der Waals surface area contributed by atoms with Gasteiger partial charge in [-0.25, -0.2) is 9.67 Å². The number of pyridine rings is 1. The van der Waals surface area contributed by atoms with E-state index in [1.807, 2.05) is 36.9 Å². The first-order valence-electron chi connectivity index (χ1n) is 9.25. The molecule has 6 nitrogen and oxygen atoms in total. The second-order valence-corrected chi connectivity index (χ2v) is 9.57. The average Bonchev–Trinajstić information content (AvgIpc) is 3.26. The van der Waals surface area contributed by atoms with Gasteiger partial charge in [-0.1, -0.05) is 0 Å². The lowest BCUT2D eigenvalue weighted by atomic mass is 10.2. The van der Waals surface area contributed by atoms with Crippen molar-refractivity contribution in [2.24, 2.45) is 0 Å². The zero-order chi connectivity index (χ0) is 19.7. The molecule has 4 rings (SSSR count). The lowest BCUT2D eigenvalue weighted by molar-refractivity contribution is 0.0629. The number of nitrogens with zero attached hydrogens (tertiary/aromatic N) is 5. The van der Waals surface area contributed by atoms with Crippen molar-refractivity contribution in [3.05, 3.63) is 62.1 Å². The molecule has 0 spiro atoms. The molecule has 28 heavy (non-hydrogen) atoms. The van der Waals surface area contributed by atoms with E-state index in [2.05, 4.69) is 43.0 Å². The zero-order valence-electron chi connectivity index (χ0n) is 15.9. The molecule has 1 saturated heterocycles. The Hall–Kier alpha value is -2.03. The Morgan fingerprint density at radius 1 is 1.14 bits per heavy atom. The summed E-state index contributed by atoms with van der Waals surface area (Å²) in [6.07, 6.45) is 1.66. The Morgan fingerprint density at radius 2 is 1.93 bits per heavy atom. The van der Waals surface area contributed by atoms with E-state index in [0.717, 1.165) is 53.7 Å². The van der Waals surface area contributed by atoms with Crippen LogP contribution < -0.4 is 0 Å². The van der Waals surface area contributed by atoms with Crippen molar-refractivity contribution in [3.8, 4) is 5.82 Å². The van der Waals surface area contributed by atoms with Gasteiger partial charge in [0, 0.05) is 49.5 Å². The van der Waals surface area contributed by atoms with Crippen LogP contribution in [-0.4, -0.2) is 56.7 Å². The van der Waals surface area contributed by atoms with E-state index in [1.165, 1.54) is 4.88 Å². The van der Waals surface area contributed by atoms with Gasteiger partial charge in [-0.3, -0.25) is 9.69 Å². The van der Waals surface area contributed by atoms with Gasteiger partial charge in [0.25, 0.3) is 5.91 Å². The molecule has 1 aliphatic rings. The first-order valence-corrected chi connectivity index (χ1v) is 10.9. The van der Waals surface area contributed by atoms with Gasteiger partial charge in [-0.2, -0.15) is 5.10 Å². The molecule has 3 aromatic heterocycles. The molecule has 0 aliphatic carbocycles. The molecule has 4 heterocycles. The standard InChI is InChI=1S/C20H22BrN5OS/c1-14-11-15(2)26(23-14)19-6-3-16(12-22-19)20(27)25-9-7-24(8-10-25)13-17-4-5-18(21)28-17/h3-6,11-12H,7-10,13H2,1-2H3. The fraction of sp³-hybridized carbons (Fsp3) is 0.350. The SMILES string of the molecule is Cc1cc(C)n(-c2ccc(C(=O)N3CCN(Cc4ccc(Br)s4)CC3)cn2)n1. The number of thiophene rings is 1. The Morgan fingerprint density at radius 3 is 2.50 bits per heavy atom. The van der Waals surface area contributed by atoms with Crippen molar-refractivity contribution in [1.82, 2.24) is 24.6 Å². The van der Waals surface area contributed by atoms with Crippen molar-refractivity contribution >= 4 is 33.2 Å². The zero-order valence-corrected chi connectivity index (χ0v) is 18.3. The summed E-state index contributed by atoms with van der Waals surface area (Å²) in [5.74, 6) is 0.778. The Kier molecular flexibility index (Phi) is 5.61. The van der Waals surface area contributed by atoms with Gasteiger partial charge in [0.15, 0.2) is 5.82 Å². The van der Waals surface area contributed by atoms with Gasteiger partial charge >= 0.3 is 0 Å². The molecular weight excluding hydrogens is 438 g/mol. The first kappa shape index (κ1) is 19.3.